The van der Waals surface area contributed by atoms with E-state index in [0.29, 0.717) is 29.6 Å². The van der Waals surface area contributed by atoms with Crippen LogP contribution in [0.5, 0.6) is 0 Å². The summed E-state index contributed by atoms with van der Waals surface area (Å²) in [7, 11) is 0. The molecule has 0 heterocycles. The van der Waals surface area contributed by atoms with Gasteiger partial charge in [-0.15, -0.1) is 0 Å². The highest BCUT2D eigenvalue weighted by Crippen LogP contribution is 2.59. The van der Waals surface area contributed by atoms with Gasteiger partial charge in [0.1, 0.15) is 0 Å². The Morgan fingerprint density at radius 1 is 0.517 bits per heavy atom. The number of rotatable bonds is 16. The normalized spacial score (nSPS) is 18.0. The van der Waals surface area contributed by atoms with Gasteiger partial charge in [-0.1, -0.05) is 174 Å². The summed E-state index contributed by atoms with van der Waals surface area (Å²) in [5.74, 6) is 2.73. The number of hydrogen-bond donors (Lipinski definition) is 0. The minimum atomic E-state index is -0.304. The van der Waals surface area contributed by atoms with Crippen LogP contribution in [-0.2, 0) is 16.4 Å². The molecule has 0 saturated carbocycles. The summed E-state index contributed by atoms with van der Waals surface area (Å²) in [5, 5.41) is 0. The summed E-state index contributed by atoms with van der Waals surface area (Å²) >= 11 is 0. The van der Waals surface area contributed by atoms with Crippen LogP contribution in [0.3, 0.4) is 0 Å². The molecule has 5 aromatic carbocycles. The van der Waals surface area contributed by atoms with E-state index in [4.69, 9.17) is 0 Å². The summed E-state index contributed by atoms with van der Waals surface area (Å²) in [6.45, 7) is 29.1. The van der Waals surface area contributed by atoms with Crippen molar-refractivity contribution in [3.8, 4) is 22.3 Å². The molecule has 0 saturated heterocycles. The zero-order valence-corrected chi connectivity index (χ0v) is 38.2. The molecule has 1 nitrogen and oxygen atoms in total. The van der Waals surface area contributed by atoms with Gasteiger partial charge in [0, 0.05) is 22.2 Å². The van der Waals surface area contributed by atoms with Gasteiger partial charge in [0.25, 0.3) is 0 Å². The molecule has 0 spiro atoms. The summed E-state index contributed by atoms with van der Waals surface area (Å²) in [6, 6.07) is 43.4. The van der Waals surface area contributed by atoms with Crippen molar-refractivity contribution in [3.63, 3.8) is 0 Å². The fourth-order valence-electron chi connectivity index (χ4n) is 12.1. The van der Waals surface area contributed by atoms with E-state index in [1.165, 1.54) is 74.3 Å². The number of fused-ring (bicyclic) bond motifs is 6. The van der Waals surface area contributed by atoms with Crippen molar-refractivity contribution in [2.45, 2.75) is 150 Å². The summed E-state index contributed by atoms with van der Waals surface area (Å²) in [4.78, 5) is 2.73. The number of benzene rings is 5. The van der Waals surface area contributed by atoms with E-state index in [9.17, 15) is 0 Å². The lowest BCUT2D eigenvalue weighted by Crippen LogP contribution is -2.42. The molecule has 3 atom stereocenters. The van der Waals surface area contributed by atoms with E-state index in [2.05, 4.69) is 197 Å². The first-order valence-electron chi connectivity index (χ1n) is 23.1. The third kappa shape index (κ3) is 7.07. The van der Waals surface area contributed by atoms with Crippen LogP contribution in [-0.4, -0.2) is 0 Å². The van der Waals surface area contributed by atoms with Crippen LogP contribution in [0.1, 0.15) is 167 Å². The monoisotopic (exact) mass is 772 g/mol. The summed E-state index contributed by atoms with van der Waals surface area (Å²) in [5.41, 5.74) is 17.0. The largest absolute Gasteiger partial charge is 0.331 e. The van der Waals surface area contributed by atoms with E-state index >= 15 is 0 Å². The third-order valence-corrected chi connectivity index (χ3v) is 14.2. The Hall–Kier alpha value is -4.10. The van der Waals surface area contributed by atoms with Crippen LogP contribution >= 0.6 is 0 Å². The maximum Gasteiger partial charge on any atom is 0.0674 e. The van der Waals surface area contributed by atoms with Crippen LogP contribution < -0.4 is 4.90 Å². The molecule has 0 aromatic heterocycles. The SMILES string of the molecule is CCCC(C)c1ccc2c(c1)C(CC(C)C)(CC(C)C)c1cc(N(c3ccccc3)C(C)(CCC)c3ccc4c(c3)C(CC(C)C)(C(C)C)c3ccccc3-4)ccc1-2. The highest BCUT2D eigenvalue weighted by atomic mass is 15.2. The van der Waals surface area contributed by atoms with E-state index < -0.39 is 0 Å². The first-order valence-corrected chi connectivity index (χ1v) is 23.1. The number of anilines is 2. The third-order valence-electron chi connectivity index (χ3n) is 14.2. The molecule has 306 valence electrons. The Morgan fingerprint density at radius 2 is 1.09 bits per heavy atom. The minimum absolute atomic E-state index is 0.0269. The average Bonchev–Trinajstić information content (AvgIpc) is 3.61. The summed E-state index contributed by atoms with van der Waals surface area (Å²) < 4.78 is 0. The summed E-state index contributed by atoms with van der Waals surface area (Å²) in [6.07, 6.45) is 7.99. The molecule has 0 aliphatic heterocycles. The van der Waals surface area contributed by atoms with Crippen LogP contribution in [0.25, 0.3) is 22.3 Å². The zero-order valence-electron chi connectivity index (χ0n) is 38.2. The van der Waals surface area contributed by atoms with Crippen molar-refractivity contribution in [1.29, 1.82) is 0 Å². The van der Waals surface area contributed by atoms with Crippen LogP contribution in [0, 0.1) is 23.7 Å². The van der Waals surface area contributed by atoms with E-state index in [1.807, 2.05) is 0 Å². The Labute approximate surface area is 353 Å². The number of para-hydroxylation sites is 1. The molecule has 0 fully saturated rings. The number of nitrogens with zero attached hydrogens (tertiary/aromatic N) is 1. The van der Waals surface area contributed by atoms with Crippen molar-refractivity contribution in [2.75, 3.05) is 4.90 Å². The van der Waals surface area contributed by atoms with Gasteiger partial charge in [-0.25, -0.2) is 0 Å². The number of hydrogen-bond acceptors (Lipinski definition) is 1. The Morgan fingerprint density at radius 3 is 1.71 bits per heavy atom. The average molecular weight is 772 g/mol. The maximum absolute atomic E-state index is 2.73. The first kappa shape index (κ1) is 42.0. The van der Waals surface area contributed by atoms with Gasteiger partial charge in [-0.05, 0) is 149 Å². The molecule has 0 amide bonds. The van der Waals surface area contributed by atoms with Crippen LogP contribution in [0.2, 0.25) is 0 Å². The quantitative estimate of drug-likeness (QED) is 0.0966. The standard InChI is InChI=1S/C57H73N/c1-13-20-42(11)43-25-28-48-49-30-27-46(34-53(49)56(35-38(3)4,36-39(5)6)52(48)32-43)58(45-21-16-15-17-22-45)55(12,31-14-2)44-26-29-50-47-23-18-19-24-51(47)57(41(9)10,37-40(7)8)54(50)33-44/h15-19,21-30,32-34,38-42H,13-14,20,31,35-37H2,1-12H3. The van der Waals surface area contributed by atoms with Gasteiger partial charge >= 0.3 is 0 Å². The predicted molar refractivity (Wildman–Crippen MR) is 253 cm³/mol. The second-order valence-electron chi connectivity index (χ2n) is 20.2. The van der Waals surface area contributed by atoms with Crippen molar-refractivity contribution >= 4 is 11.4 Å². The predicted octanol–water partition coefficient (Wildman–Crippen LogP) is 16.8. The van der Waals surface area contributed by atoms with Gasteiger partial charge in [-0.2, -0.15) is 0 Å². The molecule has 1 heteroatoms. The van der Waals surface area contributed by atoms with Crippen molar-refractivity contribution in [1.82, 2.24) is 0 Å². The lowest BCUT2D eigenvalue weighted by atomic mass is 9.65. The van der Waals surface area contributed by atoms with Crippen molar-refractivity contribution in [2.24, 2.45) is 23.7 Å². The lowest BCUT2D eigenvalue weighted by molar-refractivity contribution is 0.309. The van der Waals surface area contributed by atoms with Crippen LogP contribution in [0.4, 0.5) is 11.4 Å². The molecular weight excluding hydrogens is 699 g/mol. The van der Waals surface area contributed by atoms with Gasteiger partial charge < -0.3 is 4.90 Å². The molecule has 5 aromatic rings. The van der Waals surface area contributed by atoms with Crippen molar-refractivity contribution in [3.05, 3.63) is 143 Å². The lowest BCUT2D eigenvalue weighted by Gasteiger charge is -2.45. The Kier molecular flexibility index (Phi) is 12.0. The molecule has 58 heavy (non-hydrogen) atoms. The van der Waals surface area contributed by atoms with Crippen LogP contribution in [0.15, 0.2) is 109 Å². The van der Waals surface area contributed by atoms with Gasteiger partial charge in [-0.3, -0.25) is 0 Å². The highest BCUT2D eigenvalue weighted by Gasteiger charge is 2.48. The van der Waals surface area contributed by atoms with Gasteiger partial charge in [0.15, 0.2) is 0 Å². The second-order valence-corrected chi connectivity index (χ2v) is 20.2. The van der Waals surface area contributed by atoms with Gasteiger partial charge in [0.05, 0.1) is 5.54 Å². The fourth-order valence-corrected chi connectivity index (χ4v) is 12.1. The molecule has 2 aliphatic rings. The molecule has 0 bridgehead atoms. The maximum atomic E-state index is 2.73. The van der Waals surface area contributed by atoms with E-state index in [0.717, 1.165) is 32.1 Å². The smallest absolute Gasteiger partial charge is 0.0674 e. The van der Waals surface area contributed by atoms with E-state index in [-0.39, 0.29) is 16.4 Å². The Balaban J connectivity index is 1.47. The van der Waals surface area contributed by atoms with Gasteiger partial charge in [0.2, 0.25) is 0 Å². The molecule has 0 N–H and O–H groups in total. The highest BCUT2D eigenvalue weighted by molar-refractivity contribution is 5.85. The topological polar surface area (TPSA) is 3.24 Å². The Bertz CT molecular complexity index is 2190. The molecular formula is C57H73N. The molecule has 7 rings (SSSR count). The molecule has 2 aliphatic carbocycles. The van der Waals surface area contributed by atoms with Crippen molar-refractivity contribution < 1.29 is 0 Å². The first-order chi connectivity index (χ1) is 27.7. The second kappa shape index (κ2) is 16.5. The molecule has 3 unspecified atom stereocenters. The minimum Gasteiger partial charge on any atom is -0.331 e. The zero-order chi connectivity index (χ0) is 41.6. The molecule has 0 radical (unpaired) electrons. The fraction of sp³-hybridized carbons (Fsp3) is 0.474. The van der Waals surface area contributed by atoms with E-state index in [1.54, 1.807) is 5.56 Å².